The van der Waals surface area contributed by atoms with Gasteiger partial charge in [0, 0.05) is 12.5 Å². The van der Waals surface area contributed by atoms with Crippen molar-refractivity contribution in [2.75, 3.05) is 0 Å². The molecule has 0 N–H and O–H groups in total. The predicted octanol–water partition coefficient (Wildman–Crippen LogP) is 3.53. The molecule has 0 bridgehead atoms. The van der Waals surface area contributed by atoms with Crippen LogP contribution >= 0.6 is 0 Å². The molecule has 0 amide bonds. The Labute approximate surface area is 95.0 Å². The SMILES string of the molecule is CC1=CC=C(C2=CC=C([N+](=O)[O-])CC2)CC1. The third kappa shape index (κ3) is 2.30. The second kappa shape index (κ2) is 4.47. The maximum atomic E-state index is 10.6. The molecule has 0 aliphatic heterocycles. The topological polar surface area (TPSA) is 43.1 Å². The van der Waals surface area contributed by atoms with E-state index in [1.807, 2.05) is 6.08 Å². The number of hydrogen-bond donors (Lipinski definition) is 0. The predicted molar refractivity (Wildman–Crippen MR) is 63.5 cm³/mol. The maximum Gasteiger partial charge on any atom is 0.246 e. The molecule has 0 heterocycles. The van der Waals surface area contributed by atoms with E-state index in [1.54, 1.807) is 6.08 Å². The molecule has 0 saturated heterocycles. The Balaban J connectivity index is 2.16. The van der Waals surface area contributed by atoms with Gasteiger partial charge in [-0.3, -0.25) is 10.1 Å². The first-order valence-corrected chi connectivity index (χ1v) is 5.57. The van der Waals surface area contributed by atoms with Crippen molar-refractivity contribution in [3.05, 3.63) is 56.8 Å². The number of nitrogens with zero attached hydrogens (tertiary/aromatic N) is 1. The van der Waals surface area contributed by atoms with Crippen molar-refractivity contribution in [3.63, 3.8) is 0 Å². The molecule has 0 aromatic heterocycles. The fourth-order valence-corrected chi connectivity index (χ4v) is 2.05. The van der Waals surface area contributed by atoms with Gasteiger partial charge in [0.25, 0.3) is 0 Å². The minimum atomic E-state index is -0.285. The summed E-state index contributed by atoms with van der Waals surface area (Å²) in [5.41, 5.74) is 4.33. The molecule has 2 aliphatic carbocycles. The van der Waals surface area contributed by atoms with Crippen LogP contribution in [0.25, 0.3) is 0 Å². The quantitative estimate of drug-likeness (QED) is 0.524. The zero-order chi connectivity index (χ0) is 11.5. The van der Waals surface area contributed by atoms with E-state index in [-0.39, 0.29) is 4.92 Å². The first kappa shape index (κ1) is 10.9. The van der Waals surface area contributed by atoms with Crippen LogP contribution in [0.2, 0.25) is 0 Å². The smallest absolute Gasteiger partial charge is 0.246 e. The summed E-state index contributed by atoms with van der Waals surface area (Å²) in [5.74, 6) is 0. The highest BCUT2D eigenvalue weighted by molar-refractivity contribution is 5.41. The Hall–Kier alpha value is -1.64. The van der Waals surface area contributed by atoms with Gasteiger partial charge in [-0.05, 0) is 37.3 Å². The lowest BCUT2D eigenvalue weighted by atomic mass is 9.89. The molecule has 2 rings (SSSR count). The third-order valence-electron chi connectivity index (χ3n) is 3.13. The van der Waals surface area contributed by atoms with Gasteiger partial charge in [0.05, 0.1) is 4.92 Å². The summed E-state index contributed by atoms with van der Waals surface area (Å²) in [4.78, 5) is 10.3. The first-order chi connectivity index (χ1) is 7.66. The highest BCUT2D eigenvalue weighted by Crippen LogP contribution is 2.30. The van der Waals surface area contributed by atoms with Gasteiger partial charge in [-0.15, -0.1) is 0 Å². The van der Waals surface area contributed by atoms with Crippen LogP contribution in [-0.4, -0.2) is 4.92 Å². The Morgan fingerprint density at radius 2 is 1.62 bits per heavy atom. The molecule has 0 radical (unpaired) electrons. The summed E-state index contributed by atoms with van der Waals surface area (Å²) in [5, 5.41) is 10.6. The van der Waals surface area contributed by atoms with Gasteiger partial charge < -0.3 is 0 Å². The van der Waals surface area contributed by atoms with E-state index in [4.69, 9.17) is 0 Å². The third-order valence-corrected chi connectivity index (χ3v) is 3.13. The molecule has 3 heteroatoms. The molecule has 0 aromatic carbocycles. The zero-order valence-electron chi connectivity index (χ0n) is 9.40. The second-order valence-electron chi connectivity index (χ2n) is 4.31. The van der Waals surface area contributed by atoms with Gasteiger partial charge >= 0.3 is 0 Å². The van der Waals surface area contributed by atoms with E-state index in [9.17, 15) is 10.1 Å². The maximum absolute atomic E-state index is 10.6. The minimum absolute atomic E-state index is 0.285. The van der Waals surface area contributed by atoms with Crippen molar-refractivity contribution in [3.8, 4) is 0 Å². The summed E-state index contributed by atoms with van der Waals surface area (Å²) >= 11 is 0. The van der Waals surface area contributed by atoms with Gasteiger partial charge in [-0.1, -0.05) is 23.8 Å². The fourth-order valence-electron chi connectivity index (χ4n) is 2.05. The second-order valence-corrected chi connectivity index (χ2v) is 4.31. The molecular formula is C13H15NO2. The molecule has 0 spiro atoms. The van der Waals surface area contributed by atoms with Crippen LogP contribution in [0.15, 0.2) is 46.7 Å². The summed E-state index contributed by atoms with van der Waals surface area (Å²) in [6, 6.07) is 0. The van der Waals surface area contributed by atoms with Crippen LogP contribution in [-0.2, 0) is 0 Å². The van der Waals surface area contributed by atoms with E-state index in [1.165, 1.54) is 16.7 Å². The zero-order valence-corrected chi connectivity index (χ0v) is 9.40. The fraction of sp³-hybridized carbons (Fsp3) is 0.385. The lowest BCUT2D eigenvalue weighted by Crippen LogP contribution is -2.04. The van der Waals surface area contributed by atoms with Crippen LogP contribution in [0.5, 0.6) is 0 Å². The summed E-state index contributed by atoms with van der Waals surface area (Å²) in [6.45, 7) is 2.13. The van der Waals surface area contributed by atoms with Gasteiger partial charge in [0.1, 0.15) is 0 Å². The number of nitro groups is 1. The molecule has 0 fully saturated rings. The van der Waals surface area contributed by atoms with Gasteiger partial charge in [0.15, 0.2) is 0 Å². The van der Waals surface area contributed by atoms with Gasteiger partial charge in [-0.2, -0.15) is 0 Å². The van der Waals surface area contributed by atoms with Crippen molar-refractivity contribution >= 4 is 0 Å². The molecule has 84 valence electrons. The number of hydrogen-bond acceptors (Lipinski definition) is 2. The largest absolute Gasteiger partial charge is 0.259 e. The van der Waals surface area contributed by atoms with Crippen molar-refractivity contribution < 1.29 is 4.92 Å². The Bertz CT molecular complexity index is 439. The molecule has 0 aromatic rings. The van der Waals surface area contributed by atoms with E-state index < -0.39 is 0 Å². The summed E-state index contributed by atoms with van der Waals surface area (Å²) in [7, 11) is 0. The van der Waals surface area contributed by atoms with Crippen molar-refractivity contribution in [2.45, 2.75) is 32.6 Å². The van der Waals surface area contributed by atoms with Gasteiger partial charge in [0.2, 0.25) is 5.70 Å². The Kier molecular flexibility index (Phi) is 3.04. The van der Waals surface area contributed by atoms with E-state index in [0.29, 0.717) is 12.1 Å². The van der Waals surface area contributed by atoms with E-state index in [0.717, 1.165) is 19.3 Å². The highest BCUT2D eigenvalue weighted by atomic mass is 16.6. The van der Waals surface area contributed by atoms with Crippen LogP contribution in [0.3, 0.4) is 0 Å². The lowest BCUT2D eigenvalue weighted by molar-refractivity contribution is -0.428. The number of allylic oxidation sites excluding steroid dienone is 8. The molecule has 0 atom stereocenters. The summed E-state index contributed by atoms with van der Waals surface area (Å²) in [6.07, 6.45) is 11.4. The van der Waals surface area contributed by atoms with Crippen molar-refractivity contribution in [1.82, 2.24) is 0 Å². The van der Waals surface area contributed by atoms with Crippen molar-refractivity contribution in [1.29, 1.82) is 0 Å². The average molecular weight is 217 g/mol. The highest BCUT2D eigenvalue weighted by Gasteiger charge is 2.17. The van der Waals surface area contributed by atoms with Crippen molar-refractivity contribution in [2.24, 2.45) is 0 Å². The average Bonchev–Trinajstić information content (AvgIpc) is 2.30. The molecule has 2 aliphatic rings. The molecule has 0 unspecified atom stereocenters. The normalized spacial score (nSPS) is 20.6. The molecular weight excluding hydrogens is 202 g/mol. The molecule has 0 saturated carbocycles. The first-order valence-electron chi connectivity index (χ1n) is 5.57. The van der Waals surface area contributed by atoms with E-state index in [2.05, 4.69) is 19.1 Å². The van der Waals surface area contributed by atoms with Crippen LogP contribution in [0, 0.1) is 10.1 Å². The van der Waals surface area contributed by atoms with Crippen LogP contribution < -0.4 is 0 Å². The molecule has 16 heavy (non-hydrogen) atoms. The summed E-state index contributed by atoms with van der Waals surface area (Å²) < 4.78 is 0. The lowest BCUT2D eigenvalue weighted by Gasteiger charge is -2.16. The Morgan fingerprint density at radius 1 is 1.00 bits per heavy atom. The van der Waals surface area contributed by atoms with Gasteiger partial charge in [-0.25, -0.2) is 0 Å². The monoisotopic (exact) mass is 217 g/mol. The number of rotatable bonds is 2. The van der Waals surface area contributed by atoms with E-state index >= 15 is 0 Å². The van der Waals surface area contributed by atoms with Crippen LogP contribution in [0.4, 0.5) is 0 Å². The molecule has 3 nitrogen and oxygen atoms in total. The standard InChI is InChI=1S/C13H15NO2/c1-10-2-4-11(5-3-10)12-6-8-13(9-7-12)14(15)16/h2,4,6,8H,3,5,7,9H2,1H3. The minimum Gasteiger partial charge on any atom is -0.259 e. The van der Waals surface area contributed by atoms with Crippen LogP contribution in [0.1, 0.15) is 32.6 Å². The Morgan fingerprint density at radius 3 is 2.06 bits per heavy atom.